The summed E-state index contributed by atoms with van der Waals surface area (Å²) in [4.78, 5) is 6.87. The van der Waals surface area contributed by atoms with Gasteiger partial charge in [-0.1, -0.05) is 0 Å². The number of imidazole rings is 1. The van der Waals surface area contributed by atoms with E-state index in [9.17, 15) is 4.39 Å². The second-order valence-electron chi connectivity index (χ2n) is 2.94. The Morgan fingerprint density at radius 2 is 2.21 bits per heavy atom. The number of nitrogens with one attached hydrogen (secondary N) is 1. The largest absolute Gasteiger partial charge is 0.392 e. The minimum absolute atomic E-state index is 0.175. The first-order valence-electron chi connectivity index (χ1n) is 4.19. The molecule has 0 radical (unpaired) electrons. The Kier molecular flexibility index (Phi) is 2.28. The molecule has 3 nitrogen and oxygen atoms in total. The van der Waals surface area contributed by atoms with Crippen LogP contribution in [-0.2, 0) is 6.61 Å². The van der Waals surface area contributed by atoms with Crippen molar-refractivity contribution in [2.24, 2.45) is 0 Å². The van der Waals surface area contributed by atoms with Gasteiger partial charge in [0, 0.05) is 18.0 Å². The zero-order valence-corrected chi connectivity index (χ0v) is 7.37. The molecular formula is C10H9FN2O. The van der Waals surface area contributed by atoms with E-state index in [-0.39, 0.29) is 12.4 Å². The molecule has 0 bridgehead atoms. The fourth-order valence-corrected chi connectivity index (χ4v) is 1.30. The molecule has 0 saturated heterocycles. The summed E-state index contributed by atoms with van der Waals surface area (Å²) in [6.07, 6.45) is 3.26. The van der Waals surface area contributed by atoms with Crippen molar-refractivity contribution in [1.29, 1.82) is 0 Å². The third kappa shape index (κ3) is 1.65. The number of hydrogen-bond acceptors (Lipinski definition) is 2. The summed E-state index contributed by atoms with van der Waals surface area (Å²) in [6, 6.07) is 4.37. The second kappa shape index (κ2) is 3.59. The fraction of sp³-hybridized carbons (Fsp3) is 0.100. The SMILES string of the molecule is OCc1cc(F)cc(-c2ncc[nH]2)c1. The molecule has 0 aliphatic heterocycles. The van der Waals surface area contributed by atoms with E-state index < -0.39 is 0 Å². The Bertz CT molecular complexity index is 426. The molecule has 1 aromatic heterocycles. The van der Waals surface area contributed by atoms with Crippen molar-refractivity contribution in [1.82, 2.24) is 9.97 Å². The van der Waals surface area contributed by atoms with Gasteiger partial charge in [-0.3, -0.25) is 0 Å². The van der Waals surface area contributed by atoms with Crippen LogP contribution in [0.15, 0.2) is 30.6 Å². The van der Waals surface area contributed by atoms with Crippen LogP contribution in [0.25, 0.3) is 11.4 Å². The van der Waals surface area contributed by atoms with Crippen LogP contribution in [0, 0.1) is 5.82 Å². The zero-order valence-electron chi connectivity index (χ0n) is 7.37. The van der Waals surface area contributed by atoms with Crippen LogP contribution < -0.4 is 0 Å². The molecule has 14 heavy (non-hydrogen) atoms. The summed E-state index contributed by atoms with van der Waals surface area (Å²) in [5.74, 6) is 0.224. The molecule has 2 rings (SSSR count). The monoisotopic (exact) mass is 192 g/mol. The van der Waals surface area contributed by atoms with E-state index in [1.807, 2.05) is 0 Å². The highest BCUT2D eigenvalue weighted by Crippen LogP contribution is 2.18. The van der Waals surface area contributed by atoms with E-state index in [0.717, 1.165) is 0 Å². The van der Waals surface area contributed by atoms with Crippen molar-refractivity contribution in [2.75, 3.05) is 0 Å². The van der Waals surface area contributed by atoms with Gasteiger partial charge in [-0.25, -0.2) is 9.37 Å². The van der Waals surface area contributed by atoms with Crippen LogP contribution in [0.1, 0.15) is 5.56 Å². The molecule has 1 aromatic carbocycles. The maximum Gasteiger partial charge on any atom is 0.137 e. The van der Waals surface area contributed by atoms with Crippen LogP contribution in [0.4, 0.5) is 4.39 Å². The van der Waals surface area contributed by atoms with Crippen molar-refractivity contribution < 1.29 is 9.50 Å². The smallest absolute Gasteiger partial charge is 0.137 e. The first-order chi connectivity index (χ1) is 6.79. The number of aliphatic hydroxyl groups is 1. The molecule has 4 heteroatoms. The predicted molar refractivity (Wildman–Crippen MR) is 49.9 cm³/mol. The highest BCUT2D eigenvalue weighted by atomic mass is 19.1. The summed E-state index contributed by atoms with van der Waals surface area (Å²) in [5.41, 5.74) is 1.18. The second-order valence-corrected chi connectivity index (χ2v) is 2.94. The number of H-pyrrole nitrogens is 1. The van der Waals surface area contributed by atoms with Gasteiger partial charge in [-0.2, -0.15) is 0 Å². The topological polar surface area (TPSA) is 48.9 Å². The highest BCUT2D eigenvalue weighted by molar-refractivity contribution is 5.56. The van der Waals surface area contributed by atoms with Crippen LogP contribution >= 0.6 is 0 Å². The van der Waals surface area contributed by atoms with Crippen molar-refractivity contribution in [3.05, 3.63) is 42.0 Å². The summed E-state index contributed by atoms with van der Waals surface area (Å²) in [7, 11) is 0. The van der Waals surface area contributed by atoms with Gasteiger partial charge in [-0.05, 0) is 23.8 Å². The third-order valence-corrected chi connectivity index (χ3v) is 1.91. The third-order valence-electron chi connectivity index (χ3n) is 1.91. The maximum atomic E-state index is 13.1. The number of nitrogens with zero attached hydrogens (tertiary/aromatic N) is 1. The summed E-state index contributed by atoms with van der Waals surface area (Å²) >= 11 is 0. The Morgan fingerprint density at radius 1 is 1.36 bits per heavy atom. The Morgan fingerprint density at radius 3 is 2.86 bits per heavy atom. The van der Waals surface area contributed by atoms with Gasteiger partial charge in [0.25, 0.3) is 0 Å². The van der Waals surface area contributed by atoms with Crippen LogP contribution in [0.3, 0.4) is 0 Å². The van der Waals surface area contributed by atoms with E-state index >= 15 is 0 Å². The molecule has 0 amide bonds. The van der Waals surface area contributed by atoms with E-state index in [1.54, 1.807) is 18.5 Å². The van der Waals surface area contributed by atoms with Crippen molar-refractivity contribution >= 4 is 0 Å². The lowest BCUT2D eigenvalue weighted by Crippen LogP contribution is -1.89. The van der Waals surface area contributed by atoms with Gasteiger partial charge in [0.2, 0.25) is 0 Å². The summed E-state index contributed by atoms with van der Waals surface area (Å²) in [5, 5.41) is 8.89. The van der Waals surface area contributed by atoms with Gasteiger partial charge in [-0.15, -0.1) is 0 Å². The Labute approximate surface area is 80.2 Å². The van der Waals surface area contributed by atoms with E-state index in [2.05, 4.69) is 9.97 Å². The molecule has 0 spiro atoms. The van der Waals surface area contributed by atoms with Gasteiger partial charge < -0.3 is 10.1 Å². The van der Waals surface area contributed by atoms with E-state index in [0.29, 0.717) is 17.0 Å². The van der Waals surface area contributed by atoms with Crippen molar-refractivity contribution in [2.45, 2.75) is 6.61 Å². The lowest BCUT2D eigenvalue weighted by atomic mass is 10.1. The van der Waals surface area contributed by atoms with E-state index in [4.69, 9.17) is 5.11 Å². The number of aliphatic hydroxyl groups excluding tert-OH is 1. The average Bonchev–Trinajstić information content (AvgIpc) is 2.69. The number of aromatic nitrogens is 2. The van der Waals surface area contributed by atoms with Gasteiger partial charge >= 0.3 is 0 Å². The number of aromatic amines is 1. The summed E-state index contributed by atoms with van der Waals surface area (Å²) in [6.45, 7) is -0.175. The number of halogens is 1. The summed E-state index contributed by atoms with van der Waals surface area (Å²) < 4.78 is 13.1. The molecule has 0 aliphatic carbocycles. The molecule has 2 N–H and O–H groups in total. The Balaban J connectivity index is 2.48. The molecule has 0 atom stereocenters. The minimum atomic E-state index is -0.372. The molecule has 0 fully saturated rings. The van der Waals surface area contributed by atoms with Crippen molar-refractivity contribution in [3.8, 4) is 11.4 Å². The molecule has 0 saturated carbocycles. The van der Waals surface area contributed by atoms with Crippen LogP contribution in [0.2, 0.25) is 0 Å². The van der Waals surface area contributed by atoms with E-state index in [1.165, 1.54) is 12.1 Å². The standard InChI is InChI=1S/C10H9FN2O/c11-9-4-7(6-14)3-8(5-9)10-12-1-2-13-10/h1-5,14H,6H2,(H,12,13). The van der Waals surface area contributed by atoms with Crippen LogP contribution in [0.5, 0.6) is 0 Å². The molecule has 0 aliphatic rings. The molecule has 0 unspecified atom stereocenters. The first kappa shape index (κ1) is 8.90. The average molecular weight is 192 g/mol. The maximum absolute atomic E-state index is 13.1. The molecular weight excluding hydrogens is 183 g/mol. The fourth-order valence-electron chi connectivity index (χ4n) is 1.30. The number of hydrogen-bond donors (Lipinski definition) is 2. The normalized spacial score (nSPS) is 10.4. The first-order valence-corrected chi connectivity index (χ1v) is 4.19. The van der Waals surface area contributed by atoms with Gasteiger partial charge in [0.05, 0.1) is 6.61 Å². The van der Waals surface area contributed by atoms with Crippen LogP contribution in [-0.4, -0.2) is 15.1 Å². The Hall–Kier alpha value is -1.68. The molecule has 72 valence electrons. The van der Waals surface area contributed by atoms with Gasteiger partial charge in [0.1, 0.15) is 11.6 Å². The minimum Gasteiger partial charge on any atom is -0.392 e. The number of rotatable bonds is 2. The predicted octanol–water partition coefficient (Wildman–Crippen LogP) is 1.71. The lowest BCUT2D eigenvalue weighted by molar-refractivity contribution is 0.281. The number of benzene rings is 1. The zero-order chi connectivity index (χ0) is 9.97. The lowest BCUT2D eigenvalue weighted by Gasteiger charge is -2.01. The molecule has 2 aromatic rings. The highest BCUT2D eigenvalue weighted by Gasteiger charge is 2.03. The molecule has 1 heterocycles. The van der Waals surface area contributed by atoms with Crippen molar-refractivity contribution in [3.63, 3.8) is 0 Å². The quantitative estimate of drug-likeness (QED) is 0.760. The van der Waals surface area contributed by atoms with Gasteiger partial charge in [0.15, 0.2) is 0 Å².